The van der Waals surface area contributed by atoms with E-state index in [1.54, 1.807) is 6.07 Å². The van der Waals surface area contributed by atoms with Crippen molar-refractivity contribution >= 4 is 19.7 Å². The van der Waals surface area contributed by atoms with E-state index in [9.17, 15) is 12.8 Å². The fourth-order valence-electron chi connectivity index (χ4n) is 1.59. The van der Waals surface area contributed by atoms with Crippen LogP contribution in [0.25, 0.3) is 0 Å². The summed E-state index contributed by atoms with van der Waals surface area (Å²) >= 11 is 0. The Bertz CT molecular complexity index is 469. The van der Waals surface area contributed by atoms with Gasteiger partial charge in [-0.15, -0.1) is 0 Å². The molecule has 0 aromatic heterocycles. The molecule has 0 saturated carbocycles. The maximum Gasteiger partial charge on any atom is 0.232 e. The van der Waals surface area contributed by atoms with E-state index in [0.717, 1.165) is 5.56 Å². The van der Waals surface area contributed by atoms with Crippen LogP contribution in [0.5, 0.6) is 0 Å². The molecule has 0 radical (unpaired) electrons. The third kappa shape index (κ3) is 4.10. The van der Waals surface area contributed by atoms with Gasteiger partial charge in [-0.3, -0.25) is 0 Å². The van der Waals surface area contributed by atoms with Gasteiger partial charge in [-0.2, -0.15) is 0 Å². The van der Waals surface area contributed by atoms with Crippen LogP contribution in [0.1, 0.15) is 30.9 Å². The molecule has 1 aromatic rings. The first kappa shape index (κ1) is 13.5. The van der Waals surface area contributed by atoms with Gasteiger partial charge in [0.25, 0.3) is 0 Å². The largest absolute Gasteiger partial charge is 0.232 e. The van der Waals surface area contributed by atoms with Crippen LogP contribution in [0, 0.1) is 5.82 Å². The molecule has 0 heterocycles. The van der Waals surface area contributed by atoms with E-state index in [2.05, 4.69) is 0 Å². The summed E-state index contributed by atoms with van der Waals surface area (Å²) < 4.78 is 34.7. The molecule has 1 aromatic carbocycles. The third-order valence-corrected chi connectivity index (χ3v) is 3.50. The van der Waals surface area contributed by atoms with Gasteiger partial charge >= 0.3 is 0 Å². The first-order chi connectivity index (χ1) is 7.29. The van der Waals surface area contributed by atoms with Crippen LogP contribution in [-0.2, 0) is 15.5 Å². The highest BCUT2D eigenvalue weighted by molar-refractivity contribution is 8.13. The molecule has 0 amide bonds. The first-order valence-corrected chi connectivity index (χ1v) is 7.48. The van der Waals surface area contributed by atoms with Crippen LogP contribution in [0.15, 0.2) is 18.2 Å². The summed E-state index contributed by atoms with van der Waals surface area (Å²) in [4.78, 5) is 0. The summed E-state index contributed by atoms with van der Waals surface area (Å²) in [6.45, 7) is 3.96. The SMILES string of the molecule is CC(C)c1ccc(F)cc1CCS(=O)(=O)Cl. The second-order valence-electron chi connectivity index (χ2n) is 3.99. The molecule has 16 heavy (non-hydrogen) atoms. The van der Waals surface area contributed by atoms with Crippen molar-refractivity contribution in [2.24, 2.45) is 0 Å². The number of benzene rings is 1. The average molecular weight is 265 g/mol. The Morgan fingerprint density at radius 3 is 2.50 bits per heavy atom. The minimum absolute atomic E-state index is 0.169. The van der Waals surface area contributed by atoms with Gasteiger partial charge in [-0.1, -0.05) is 19.9 Å². The quantitative estimate of drug-likeness (QED) is 0.784. The van der Waals surface area contributed by atoms with Gasteiger partial charge in [-0.05, 0) is 35.6 Å². The lowest BCUT2D eigenvalue weighted by molar-refractivity contribution is 0.607. The highest BCUT2D eigenvalue weighted by Gasteiger charge is 2.11. The Morgan fingerprint density at radius 2 is 2.00 bits per heavy atom. The van der Waals surface area contributed by atoms with Crippen LogP contribution < -0.4 is 0 Å². The van der Waals surface area contributed by atoms with Crippen molar-refractivity contribution in [1.82, 2.24) is 0 Å². The van der Waals surface area contributed by atoms with Gasteiger partial charge in [0.15, 0.2) is 0 Å². The molecular formula is C11H14ClFO2S. The Kier molecular flexibility index (Phi) is 4.33. The zero-order valence-electron chi connectivity index (χ0n) is 9.20. The highest BCUT2D eigenvalue weighted by Crippen LogP contribution is 2.21. The van der Waals surface area contributed by atoms with E-state index in [0.29, 0.717) is 5.56 Å². The van der Waals surface area contributed by atoms with Crippen molar-refractivity contribution in [3.05, 3.63) is 35.1 Å². The third-order valence-electron chi connectivity index (χ3n) is 2.34. The Hall–Kier alpha value is -0.610. The van der Waals surface area contributed by atoms with Crippen LogP contribution in [0.2, 0.25) is 0 Å². The van der Waals surface area contributed by atoms with E-state index >= 15 is 0 Å². The average Bonchev–Trinajstić information content (AvgIpc) is 2.13. The molecule has 0 aliphatic heterocycles. The second kappa shape index (κ2) is 5.15. The van der Waals surface area contributed by atoms with Crippen molar-refractivity contribution in [2.45, 2.75) is 26.2 Å². The molecule has 0 fully saturated rings. The van der Waals surface area contributed by atoms with Gasteiger partial charge in [0, 0.05) is 10.7 Å². The molecule has 2 nitrogen and oxygen atoms in total. The van der Waals surface area contributed by atoms with E-state index < -0.39 is 9.05 Å². The van der Waals surface area contributed by atoms with Gasteiger partial charge in [0.1, 0.15) is 5.82 Å². The minimum Gasteiger partial charge on any atom is -0.212 e. The fourth-order valence-corrected chi connectivity index (χ4v) is 2.28. The van der Waals surface area contributed by atoms with Crippen molar-refractivity contribution in [3.8, 4) is 0 Å². The van der Waals surface area contributed by atoms with Crippen LogP contribution in [-0.4, -0.2) is 14.2 Å². The molecule has 0 atom stereocenters. The molecule has 0 bridgehead atoms. The normalized spacial score (nSPS) is 12.1. The molecule has 0 N–H and O–H groups in total. The van der Waals surface area contributed by atoms with Crippen molar-refractivity contribution in [2.75, 3.05) is 5.75 Å². The molecule has 0 aliphatic carbocycles. The minimum atomic E-state index is -3.53. The maximum atomic E-state index is 13.0. The lowest BCUT2D eigenvalue weighted by Crippen LogP contribution is -2.05. The smallest absolute Gasteiger partial charge is 0.212 e. The molecule has 0 aliphatic rings. The van der Waals surface area contributed by atoms with Crippen molar-refractivity contribution in [3.63, 3.8) is 0 Å². The van der Waals surface area contributed by atoms with E-state index in [-0.39, 0.29) is 23.9 Å². The lowest BCUT2D eigenvalue weighted by atomic mass is 9.96. The Morgan fingerprint density at radius 1 is 1.38 bits per heavy atom. The summed E-state index contributed by atoms with van der Waals surface area (Å²) in [6, 6.07) is 4.45. The topological polar surface area (TPSA) is 34.1 Å². The highest BCUT2D eigenvalue weighted by atomic mass is 35.7. The second-order valence-corrected chi connectivity index (χ2v) is 6.89. The molecule has 0 spiro atoms. The van der Waals surface area contributed by atoms with E-state index in [1.807, 2.05) is 13.8 Å². The molecule has 0 unspecified atom stereocenters. The summed E-state index contributed by atoms with van der Waals surface area (Å²) in [5, 5.41) is 0. The lowest BCUT2D eigenvalue weighted by Gasteiger charge is -2.12. The van der Waals surface area contributed by atoms with Gasteiger partial charge in [-0.25, -0.2) is 12.8 Å². The van der Waals surface area contributed by atoms with E-state index in [1.165, 1.54) is 12.1 Å². The van der Waals surface area contributed by atoms with Crippen LogP contribution in [0.3, 0.4) is 0 Å². The van der Waals surface area contributed by atoms with Crippen LogP contribution in [0.4, 0.5) is 4.39 Å². The predicted octanol–water partition coefficient (Wildman–Crippen LogP) is 3.06. The van der Waals surface area contributed by atoms with Gasteiger partial charge in [0.05, 0.1) is 5.75 Å². The number of hydrogen-bond donors (Lipinski definition) is 0. The fraction of sp³-hybridized carbons (Fsp3) is 0.455. The predicted molar refractivity (Wildman–Crippen MR) is 63.8 cm³/mol. The summed E-state index contributed by atoms with van der Waals surface area (Å²) in [5.41, 5.74) is 1.67. The molecule has 1 rings (SSSR count). The van der Waals surface area contributed by atoms with Crippen molar-refractivity contribution < 1.29 is 12.8 Å². The summed E-state index contributed by atoms with van der Waals surface area (Å²) in [6.07, 6.45) is 0.247. The van der Waals surface area contributed by atoms with Gasteiger partial charge in [0.2, 0.25) is 9.05 Å². The molecule has 5 heteroatoms. The van der Waals surface area contributed by atoms with Crippen molar-refractivity contribution in [1.29, 1.82) is 0 Å². The molecular weight excluding hydrogens is 251 g/mol. The summed E-state index contributed by atoms with van der Waals surface area (Å²) in [7, 11) is 1.61. The first-order valence-electron chi connectivity index (χ1n) is 5.00. The Balaban J connectivity index is 2.97. The van der Waals surface area contributed by atoms with E-state index in [4.69, 9.17) is 10.7 Å². The van der Waals surface area contributed by atoms with Crippen LogP contribution >= 0.6 is 10.7 Å². The molecule has 0 saturated heterocycles. The zero-order valence-corrected chi connectivity index (χ0v) is 10.8. The standard InChI is InChI=1S/C11H14ClFO2S/c1-8(2)11-4-3-10(13)7-9(11)5-6-16(12,14)15/h3-4,7-8H,5-6H2,1-2H3. The zero-order chi connectivity index (χ0) is 12.3. The monoisotopic (exact) mass is 264 g/mol. The summed E-state index contributed by atoms with van der Waals surface area (Å²) in [5.74, 6) is -0.294. The number of aryl methyl sites for hydroxylation is 1. The maximum absolute atomic E-state index is 13.0. The van der Waals surface area contributed by atoms with Gasteiger partial charge < -0.3 is 0 Å². The number of halogens is 2. The molecule has 90 valence electrons. The number of hydrogen-bond acceptors (Lipinski definition) is 2. The Labute approximate surface area is 99.9 Å². The number of rotatable bonds is 4.